The van der Waals surface area contributed by atoms with Gasteiger partial charge in [0.2, 0.25) is 0 Å². The average Bonchev–Trinajstić information content (AvgIpc) is 3.14. The number of hydrogen-bond donors (Lipinski definition) is 1. The molecule has 3 aromatic rings. The number of benzene rings is 1. The van der Waals surface area contributed by atoms with E-state index in [0.29, 0.717) is 28.5 Å². The van der Waals surface area contributed by atoms with Gasteiger partial charge in [-0.05, 0) is 24.3 Å². The Balaban J connectivity index is 1.77. The van der Waals surface area contributed by atoms with Gasteiger partial charge in [-0.1, -0.05) is 12.1 Å². The van der Waals surface area contributed by atoms with Gasteiger partial charge in [0.05, 0.1) is 23.9 Å². The molecule has 3 heterocycles. The topological polar surface area (TPSA) is 71.4 Å². The van der Waals surface area contributed by atoms with Gasteiger partial charge in [-0.25, -0.2) is 15.0 Å². The van der Waals surface area contributed by atoms with Crippen molar-refractivity contribution in [3.63, 3.8) is 0 Å². The van der Waals surface area contributed by atoms with Gasteiger partial charge < -0.3 is 5.11 Å². The van der Waals surface area contributed by atoms with E-state index < -0.39 is 17.8 Å². The van der Waals surface area contributed by atoms with Crippen LogP contribution in [0, 0.1) is 0 Å². The van der Waals surface area contributed by atoms with Gasteiger partial charge in [-0.2, -0.15) is 13.2 Å². The van der Waals surface area contributed by atoms with E-state index in [2.05, 4.69) is 15.0 Å². The zero-order valence-corrected chi connectivity index (χ0v) is 14.5. The van der Waals surface area contributed by atoms with Crippen LogP contribution < -0.4 is 5.06 Å². The van der Waals surface area contributed by atoms with Gasteiger partial charge in [0.15, 0.2) is 11.6 Å². The number of anilines is 1. The van der Waals surface area contributed by atoms with Crippen molar-refractivity contribution in [2.45, 2.75) is 12.3 Å². The van der Waals surface area contributed by atoms with Crippen molar-refractivity contribution < 1.29 is 23.1 Å². The molecule has 1 aromatic carbocycles. The summed E-state index contributed by atoms with van der Waals surface area (Å²) in [5.74, 6) is 0.755. The van der Waals surface area contributed by atoms with Gasteiger partial charge in [0.25, 0.3) is 0 Å². The number of aliphatic hydroxyl groups is 1. The van der Waals surface area contributed by atoms with Crippen molar-refractivity contribution in [1.82, 2.24) is 15.0 Å². The largest absolute Gasteiger partial charge is 0.416 e. The van der Waals surface area contributed by atoms with Crippen LogP contribution in [0.25, 0.3) is 22.6 Å². The first-order chi connectivity index (χ1) is 13.4. The fourth-order valence-electron chi connectivity index (χ4n) is 2.80. The summed E-state index contributed by atoms with van der Waals surface area (Å²) < 4.78 is 38.5. The van der Waals surface area contributed by atoms with Gasteiger partial charge in [0, 0.05) is 29.6 Å². The predicted molar refractivity (Wildman–Crippen MR) is 95.0 cm³/mol. The Kier molecular flexibility index (Phi) is 4.70. The fraction of sp³-hybridized carbons (Fsp3) is 0.211. The molecule has 1 aliphatic heterocycles. The molecule has 1 fully saturated rings. The van der Waals surface area contributed by atoms with Crippen LogP contribution >= 0.6 is 0 Å². The van der Waals surface area contributed by atoms with Crippen LogP contribution in [-0.2, 0) is 11.0 Å². The van der Waals surface area contributed by atoms with Crippen molar-refractivity contribution in [2.24, 2.45) is 0 Å². The predicted octanol–water partition coefficient (Wildman–Crippen LogP) is 3.34. The lowest BCUT2D eigenvalue weighted by molar-refractivity contribution is -0.137. The zero-order chi connectivity index (χ0) is 19.7. The molecular weight excluding hydrogens is 373 g/mol. The fourth-order valence-corrected chi connectivity index (χ4v) is 2.80. The lowest BCUT2D eigenvalue weighted by Gasteiger charge is -2.17. The molecule has 0 saturated carbocycles. The Labute approximate surface area is 158 Å². The van der Waals surface area contributed by atoms with Crippen LogP contribution in [0.3, 0.4) is 0 Å². The summed E-state index contributed by atoms with van der Waals surface area (Å²) in [4.78, 5) is 18.4. The highest BCUT2D eigenvalue weighted by molar-refractivity contribution is 5.67. The lowest BCUT2D eigenvalue weighted by Crippen LogP contribution is -2.21. The monoisotopic (exact) mass is 388 g/mol. The number of alkyl halides is 3. The number of hydrogen-bond acceptors (Lipinski definition) is 6. The Hall–Kier alpha value is -3.04. The lowest BCUT2D eigenvalue weighted by atomic mass is 10.1. The Bertz CT molecular complexity index is 965. The molecule has 6 nitrogen and oxygen atoms in total. The molecular formula is C19H15F3N4O2. The second-order valence-corrected chi connectivity index (χ2v) is 6.26. The second-order valence-electron chi connectivity index (χ2n) is 6.26. The first-order valence-electron chi connectivity index (χ1n) is 8.46. The minimum Gasteiger partial charge on any atom is -0.389 e. The van der Waals surface area contributed by atoms with Crippen LogP contribution in [-0.4, -0.2) is 39.3 Å². The molecule has 1 aliphatic rings. The van der Waals surface area contributed by atoms with Crippen molar-refractivity contribution in [3.05, 3.63) is 60.4 Å². The minimum atomic E-state index is -4.41. The summed E-state index contributed by atoms with van der Waals surface area (Å²) in [6.07, 6.45) is -1.85. The highest BCUT2D eigenvalue weighted by Gasteiger charge is 2.30. The maximum absolute atomic E-state index is 12.8. The van der Waals surface area contributed by atoms with Crippen molar-refractivity contribution in [2.75, 3.05) is 18.2 Å². The molecule has 1 saturated heterocycles. The number of aliphatic hydroxyl groups excluding tert-OH is 1. The molecule has 0 unspecified atom stereocenters. The number of rotatable bonds is 3. The van der Waals surface area contributed by atoms with E-state index in [1.54, 1.807) is 30.6 Å². The van der Waals surface area contributed by atoms with Gasteiger partial charge in [-0.15, -0.1) is 0 Å². The van der Waals surface area contributed by atoms with E-state index in [0.717, 1.165) is 12.1 Å². The third-order valence-electron chi connectivity index (χ3n) is 4.20. The standard InChI is InChI=1S/C19H15F3N4O2/c20-19(21,22)14-5-3-12(4-6-14)16-8-17(26-10-15(27)11-28-26)25-18(24-16)13-2-1-7-23-9-13/h1-9,15,27H,10-11H2/t15-/m1/s1. The number of pyridine rings is 1. The molecule has 1 atom stereocenters. The van der Waals surface area contributed by atoms with E-state index >= 15 is 0 Å². The molecule has 0 radical (unpaired) electrons. The summed E-state index contributed by atoms with van der Waals surface area (Å²) in [6.45, 7) is 0.373. The molecule has 9 heteroatoms. The number of β-amino-alcohol motifs (C(OH)–C–C–N with tert-alkyl or cyclic N) is 1. The SMILES string of the molecule is O[C@H]1CON(c2cc(-c3ccc(C(F)(F)F)cc3)nc(-c3cccnc3)n2)C1. The first-order valence-corrected chi connectivity index (χ1v) is 8.46. The quantitative estimate of drug-likeness (QED) is 0.742. The van der Waals surface area contributed by atoms with Crippen LogP contribution in [0.15, 0.2) is 54.9 Å². The number of halogens is 3. The van der Waals surface area contributed by atoms with Gasteiger partial charge in [0.1, 0.15) is 6.61 Å². The molecule has 0 bridgehead atoms. The first kappa shape index (κ1) is 18.3. The molecule has 0 aliphatic carbocycles. The minimum absolute atomic E-state index is 0.141. The van der Waals surface area contributed by atoms with Crippen LogP contribution in [0.1, 0.15) is 5.56 Å². The summed E-state index contributed by atoms with van der Waals surface area (Å²) in [7, 11) is 0. The molecule has 0 amide bonds. The van der Waals surface area contributed by atoms with E-state index in [4.69, 9.17) is 4.84 Å². The third-order valence-corrected chi connectivity index (χ3v) is 4.20. The third kappa shape index (κ3) is 3.80. The maximum Gasteiger partial charge on any atom is 0.416 e. The molecule has 4 rings (SSSR count). The van der Waals surface area contributed by atoms with E-state index in [9.17, 15) is 18.3 Å². The summed E-state index contributed by atoms with van der Waals surface area (Å²) in [5.41, 5.74) is 0.852. The van der Waals surface area contributed by atoms with Crippen LogP contribution in [0.2, 0.25) is 0 Å². The highest BCUT2D eigenvalue weighted by atomic mass is 19.4. The van der Waals surface area contributed by atoms with Crippen LogP contribution in [0.4, 0.5) is 19.0 Å². The molecule has 28 heavy (non-hydrogen) atoms. The van der Waals surface area contributed by atoms with Gasteiger partial charge in [-0.3, -0.25) is 9.82 Å². The Morgan fingerprint density at radius 2 is 1.86 bits per heavy atom. The zero-order valence-electron chi connectivity index (χ0n) is 14.5. The van der Waals surface area contributed by atoms with Gasteiger partial charge >= 0.3 is 6.18 Å². The van der Waals surface area contributed by atoms with Crippen molar-refractivity contribution in [3.8, 4) is 22.6 Å². The van der Waals surface area contributed by atoms with E-state index in [1.807, 2.05) is 0 Å². The normalized spacial score (nSPS) is 17.1. The smallest absolute Gasteiger partial charge is 0.389 e. The summed E-state index contributed by atoms with van der Waals surface area (Å²) in [6, 6.07) is 9.87. The van der Waals surface area contributed by atoms with E-state index in [1.165, 1.54) is 17.2 Å². The highest BCUT2D eigenvalue weighted by Crippen LogP contribution is 2.32. The van der Waals surface area contributed by atoms with Crippen molar-refractivity contribution in [1.29, 1.82) is 0 Å². The molecule has 2 aromatic heterocycles. The summed E-state index contributed by atoms with van der Waals surface area (Å²) in [5, 5.41) is 11.2. The summed E-state index contributed by atoms with van der Waals surface area (Å²) >= 11 is 0. The van der Waals surface area contributed by atoms with Crippen LogP contribution in [0.5, 0.6) is 0 Å². The molecule has 144 valence electrons. The van der Waals surface area contributed by atoms with Crippen molar-refractivity contribution >= 4 is 5.82 Å². The Morgan fingerprint density at radius 3 is 2.46 bits per heavy atom. The number of nitrogens with zero attached hydrogens (tertiary/aromatic N) is 4. The number of aromatic nitrogens is 3. The molecule has 1 N–H and O–H groups in total. The van der Waals surface area contributed by atoms with E-state index in [-0.39, 0.29) is 13.2 Å². The molecule has 0 spiro atoms. The Morgan fingerprint density at radius 1 is 1.07 bits per heavy atom. The maximum atomic E-state index is 12.8. The second kappa shape index (κ2) is 7.17. The number of hydroxylamine groups is 1. The average molecular weight is 388 g/mol.